The van der Waals surface area contributed by atoms with Crippen LogP contribution >= 0.6 is 0 Å². The van der Waals surface area contributed by atoms with Gasteiger partial charge in [-0.3, -0.25) is 0 Å². The zero-order valence-corrected chi connectivity index (χ0v) is 16.5. The number of hydrogen-bond acceptors (Lipinski definition) is 3. The van der Waals surface area contributed by atoms with Crippen molar-refractivity contribution in [2.45, 2.75) is 51.0 Å². The molecule has 2 rings (SSSR count). The summed E-state index contributed by atoms with van der Waals surface area (Å²) in [6.07, 6.45) is 7.80. The smallest absolute Gasteiger partial charge is 0.0914 e. The van der Waals surface area contributed by atoms with E-state index in [9.17, 15) is 5.11 Å². The van der Waals surface area contributed by atoms with Gasteiger partial charge in [-0.15, -0.1) is 0 Å². The molecule has 3 heteroatoms. The maximum atomic E-state index is 10.1. The predicted octanol–water partition coefficient (Wildman–Crippen LogP) is 4.91. The summed E-state index contributed by atoms with van der Waals surface area (Å²) < 4.78 is 5.73. The largest absolute Gasteiger partial charge is 0.387 e. The molecule has 27 heavy (non-hydrogen) atoms. The van der Waals surface area contributed by atoms with Gasteiger partial charge in [0.2, 0.25) is 0 Å². The Balaban J connectivity index is 1.32. The first-order valence-electron chi connectivity index (χ1n) is 10.4. The normalized spacial score (nSPS) is 12.2. The fourth-order valence-electron chi connectivity index (χ4n) is 3.12. The van der Waals surface area contributed by atoms with Gasteiger partial charge in [-0.2, -0.15) is 0 Å². The van der Waals surface area contributed by atoms with E-state index in [0.717, 1.165) is 51.0 Å². The molecule has 1 unspecified atom stereocenters. The lowest BCUT2D eigenvalue weighted by molar-refractivity contribution is 0.126. The number of unbranched alkanes of at least 4 members (excludes halogenated alkanes) is 4. The number of benzene rings is 2. The molecule has 2 N–H and O–H groups in total. The molecule has 0 aliphatic rings. The molecule has 0 aromatic heterocycles. The Morgan fingerprint density at radius 1 is 0.741 bits per heavy atom. The van der Waals surface area contributed by atoms with Crippen LogP contribution in [0.15, 0.2) is 60.7 Å². The number of aliphatic hydroxyl groups is 1. The van der Waals surface area contributed by atoms with E-state index in [1.807, 2.05) is 30.3 Å². The van der Waals surface area contributed by atoms with E-state index in [2.05, 4.69) is 35.6 Å². The predicted molar refractivity (Wildman–Crippen MR) is 113 cm³/mol. The maximum Gasteiger partial charge on any atom is 0.0914 e. The fraction of sp³-hybridized carbons (Fsp3) is 0.500. The summed E-state index contributed by atoms with van der Waals surface area (Å²) in [4.78, 5) is 0. The van der Waals surface area contributed by atoms with Crippen molar-refractivity contribution in [3.05, 3.63) is 71.8 Å². The van der Waals surface area contributed by atoms with Gasteiger partial charge in [0.25, 0.3) is 0 Å². The highest BCUT2D eigenvalue weighted by atomic mass is 16.5. The molecule has 0 radical (unpaired) electrons. The number of aliphatic hydroxyl groups excluding tert-OH is 1. The molecule has 2 aromatic rings. The quantitative estimate of drug-likeness (QED) is 0.438. The van der Waals surface area contributed by atoms with Crippen LogP contribution in [0.5, 0.6) is 0 Å². The van der Waals surface area contributed by atoms with Crippen LogP contribution < -0.4 is 5.32 Å². The number of rotatable bonds is 15. The van der Waals surface area contributed by atoms with E-state index in [-0.39, 0.29) is 0 Å². The number of aryl methyl sites for hydroxylation is 1. The van der Waals surface area contributed by atoms with Gasteiger partial charge < -0.3 is 15.2 Å². The van der Waals surface area contributed by atoms with Crippen molar-refractivity contribution in [1.29, 1.82) is 0 Å². The Bertz CT molecular complexity index is 573. The van der Waals surface area contributed by atoms with Crippen molar-refractivity contribution in [3.8, 4) is 0 Å². The molecule has 148 valence electrons. The summed E-state index contributed by atoms with van der Waals surface area (Å²) in [6, 6.07) is 20.5. The van der Waals surface area contributed by atoms with Crippen LogP contribution in [-0.4, -0.2) is 31.4 Å². The summed E-state index contributed by atoms with van der Waals surface area (Å²) in [7, 11) is 0. The number of hydrogen-bond donors (Lipinski definition) is 2. The van der Waals surface area contributed by atoms with Crippen molar-refractivity contribution in [2.75, 3.05) is 26.3 Å². The summed E-state index contributed by atoms with van der Waals surface area (Å²) in [6.45, 7) is 3.34. The highest BCUT2D eigenvalue weighted by Crippen LogP contribution is 2.10. The third-order valence-corrected chi connectivity index (χ3v) is 4.76. The van der Waals surface area contributed by atoms with Crippen molar-refractivity contribution in [1.82, 2.24) is 5.32 Å². The van der Waals surface area contributed by atoms with E-state index in [1.165, 1.54) is 24.8 Å². The molecule has 0 spiro atoms. The second kappa shape index (κ2) is 14.4. The first-order valence-corrected chi connectivity index (χ1v) is 10.4. The molecule has 0 fully saturated rings. The number of ether oxygens (including phenoxy) is 1. The lowest BCUT2D eigenvalue weighted by Gasteiger charge is -2.12. The van der Waals surface area contributed by atoms with E-state index in [4.69, 9.17) is 4.74 Å². The minimum Gasteiger partial charge on any atom is -0.387 e. The SMILES string of the molecule is OC(CNCCCCCCOCCCCc1ccccc1)c1ccccc1. The Morgan fingerprint density at radius 3 is 2.11 bits per heavy atom. The lowest BCUT2D eigenvalue weighted by Crippen LogP contribution is -2.22. The Labute approximate surface area is 164 Å². The minimum atomic E-state index is -0.415. The monoisotopic (exact) mass is 369 g/mol. The van der Waals surface area contributed by atoms with E-state index >= 15 is 0 Å². The second-order valence-corrected chi connectivity index (χ2v) is 7.10. The molecule has 0 aliphatic heterocycles. The van der Waals surface area contributed by atoms with Gasteiger partial charge in [0, 0.05) is 19.8 Å². The molecule has 3 nitrogen and oxygen atoms in total. The molecule has 0 saturated carbocycles. The van der Waals surface area contributed by atoms with Gasteiger partial charge in [-0.05, 0) is 49.8 Å². The molecule has 0 bridgehead atoms. The van der Waals surface area contributed by atoms with Crippen molar-refractivity contribution < 1.29 is 9.84 Å². The first kappa shape index (κ1) is 21.6. The number of nitrogens with one attached hydrogen (secondary N) is 1. The van der Waals surface area contributed by atoms with Crippen LogP contribution in [0.3, 0.4) is 0 Å². The Hall–Kier alpha value is -1.68. The van der Waals surface area contributed by atoms with Gasteiger partial charge in [0.05, 0.1) is 6.10 Å². The van der Waals surface area contributed by atoms with Crippen LogP contribution in [0.2, 0.25) is 0 Å². The van der Waals surface area contributed by atoms with Crippen LogP contribution in [0.25, 0.3) is 0 Å². The topological polar surface area (TPSA) is 41.5 Å². The average molecular weight is 370 g/mol. The maximum absolute atomic E-state index is 10.1. The Morgan fingerprint density at radius 2 is 1.37 bits per heavy atom. The summed E-state index contributed by atoms with van der Waals surface area (Å²) in [5.41, 5.74) is 2.40. The van der Waals surface area contributed by atoms with Gasteiger partial charge in [-0.1, -0.05) is 73.5 Å². The molecule has 0 amide bonds. The van der Waals surface area contributed by atoms with Crippen molar-refractivity contribution in [2.24, 2.45) is 0 Å². The molecule has 2 aromatic carbocycles. The van der Waals surface area contributed by atoms with E-state index in [1.54, 1.807) is 0 Å². The van der Waals surface area contributed by atoms with Crippen LogP contribution in [0.4, 0.5) is 0 Å². The highest BCUT2D eigenvalue weighted by molar-refractivity contribution is 5.17. The second-order valence-electron chi connectivity index (χ2n) is 7.10. The highest BCUT2D eigenvalue weighted by Gasteiger charge is 2.05. The third-order valence-electron chi connectivity index (χ3n) is 4.76. The van der Waals surface area contributed by atoms with Crippen LogP contribution in [0, 0.1) is 0 Å². The first-order chi connectivity index (χ1) is 13.4. The summed E-state index contributed by atoms with van der Waals surface area (Å²) in [5, 5.41) is 13.4. The zero-order chi connectivity index (χ0) is 19.0. The lowest BCUT2D eigenvalue weighted by atomic mass is 10.1. The van der Waals surface area contributed by atoms with Gasteiger partial charge >= 0.3 is 0 Å². The zero-order valence-electron chi connectivity index (χ0n) is 16.5. The minimum absolute atomic E-state index is 0.415. The molecule has 0 aliphatic carbocycles. The Kier molecular flexibility index (Phi) is 11.5. The summed E-state index contributed by atoms with van der Waals surface area (Å²) in [5.74, 6) is 0. The standard InChI is InChI=1S/C24H35NO2/c26-24(23-16-7-4-8-17-23)21-25-18-10-1-2-11-19-27-20-12-9-15-22-13-5-3-6-14-22/h3-8,13-14,16-17,24-26H,1-2,9-12,15,18-21H2. The van der Waals surface area contributed by atoms with Gasteiger partial charge in [0.1, 0.15) is 0 Å². The molecule has 0 heterocycles. The van der Waals surface area contributed by atoms with Crippen molar-refractivity contribution >= 4 is 0 Å². The van der Waals surface area contributed by atoms with Gasteiger partial charge in [0.15, 0.2) is 0 Å². The molecular formula is C24H35NO2. The molecule has 1 atom stereocenters. The third kappa shape index (κ3) is 10.3. The van der Waals surface area contributed by atoms with E-state index < -0.39 is 6.10 Å². The summed E-state index contributed by atoms with van der Waals surface area (Å²) >= 11 is 0. The fourth-order valence-corrected chi connectivity index (χ4v) is 3.12. The van der Waals surface area contributed by atoms with Gasteiger partial charge in [-0.25, -0.2) is 0 Å². The van der Waals surface area contributed by atoms with E-state index in [0.29, 0.717) is 6.54 Å². The molecular weight excluding hydrogens is 334 g/mol. The van der Waals surface area contributed by atoms with Crippen LogP contribution in [0.1, 0.15) is 55.8 Å². The average Bonchev–Trinajstić information content (AvgIpc) is 2.72. The van der Waals surface area contributed by atoms with Crippen LogP contribution in [-0.2, 0) is 11.2 Å². The molecule has 0 saturated heterocycles. The van der Waals surface area contributed by atoms with Crippen molar-refractivity contribution in [3.63, 3.8) is 0 Å².